The van der Waals surface area contributed by atoms with Crippen molar-refractivity contribution in [1.29, 1.82) is 0 Å². The Morgan fingerprint density at radius 2 is 1.71 bits per heavy atom. The molecule has 0 aliphatic rings. The van der Waals surface area contributed by atoms with Crippen LogP contribution in [0.3, 0.4) is 0 Å². The van der Waals surface area contributed by atoms with Crippen LogP contribution < -0.4 is 4.90 Å². The molecule has 0 unspecified atom stereocenters. The molecule has 21 heavy (non-hydrogen) atoms. The van der Waals surface area contributed by atoms with Crippen molar-refractivity contribution in [1.82, 2.24) is 0 Å². The molecule has 0 radical (unpaired) electrons. The first-order chi connectivity index (χ1) is 10.1. The summed E-state index contributed by atoms with van der Waals surface area (Å²) in [5, 5.41) is 27.7. The van der Waals surface area contributed by atoms with Crippen molar-refractivity contribution in [2.24, 2.45) is 0 Å². The first-order valence-electron chi connectivity index (χ1n) is 7.70. The number of anilines is 1. The standard InChI is InChI=1S/C17H27NO3/c1-3-5-11-18(12-6-4-2)15-9-7-14(16(19)13-15)8-10-17(20)21/h7-10,13,17,19-21H,3-6,11-12H2,1-2H3/b10-8+. The van der Waals surface area contributed by atoms with E-state index in [1.807, 2.05) is 6.07 Å². The zero-order chi connectivity index (χ0) is 15.7. The molecule has 0 aliphatic carbocycles. The number of aromatic hydroxyl groups is 1. The molecular formula is C17H27NO3. The van der Waals surface area contributed by atoms with E-state index in [2.05, 4.69) is 18.7 Å². The van der Waals surface area contributed by atoms with Gasteiger partial charge in [-0.15, -0.1) is 0 Å². The van der Waals surface area contributed by atoms with Gasteiger partial charge in [-0.05, 0) is 31.1 Å². The highest BCUT2D eigenvalue weighted by Crippen LogP contribution is 2.26. The minimum absolute atomic E-state index is 0.155. The first kappa shape index (κ1) is 17.5. The monoisotopic (exact) mass is 293 g/mol. The topological polar surface area (TPSA) is 63.9 Å². The van der Waals surface area contributed by atoms with Gasteiger partial charge in [0.05, 0.1) is 0 Å². The average Bonchev–Trinajstić information content (AvgIpc) is 2.46. The van der Waals surface area contributed by atoms with Gasteiger partial charge in [0.1, 0.15) is 5.75 Å². The maximum absolute atomic E-state index is 10.1. The van der Waals surface area contributed by atoms with Crippen LogP contribution in [0.25, 0.3) is 6.08 Å². The summed E-state index contributed by atoms with van der Waals surface area (Å²) >= 11 is 0. The normalized spacial score (nSPS) is 11.5. The van der Waals surface area contributed by atoms with Crippen LogP contribution >= 0.6 is 0 Å². The van der Waals surface area contributed by atoms with Gasteiger partial charge in [0.2, 0.25) is 0 Å². The van der Waals surface area contributed by atoms with E-state index in [4.69, 9.17) is 10.2 Å². The number of hydrogen-bond donors (Lipinski definition) is 3. The molecule has 4 heteroatoms. The van der Waals surface area contributed by atoms with E-state index in [1.165, 1.54) is 12.2 Å². The summed E-state index contributed by atoms with van der Waals surface area (Å²) in [6.45, 7) is 6.31. The minimum atomic E-state index is -1.50. The van der Waals surface area contributed by atoms with Crippen LogP contribution in [0.4, 0.5) is 5.69 Å². The van der Waals surface area contributed by atoms with Gasteiger partial charge in [-0.1, -0.05) is 32.8 Å². The lowest BCUT2D eigenvalue weighted by molar-refractivity contribution is 0.00304. The second-order valence-electron chi connectivity index (χ2n) is 5.21. The molecule has 118 valence electrons. The summed E-state index contributed by atoms with van der Waals surface area (Å²) in [5.41, 5.74) is 1.59. The van der Waals surface area contributed by atoms with E-state index in [1.54, 1.807) is 12.1 Å². The van der Waals surface area contributed by atoms with E-state index in [0.29, 0.717) is 5.56 Å². The zero-order valence-corrected chi connectivity index (χ0v) is 13.0. The van der Waals surface area contributed by atoms with E-state index in [-0.39, 0.29) is 5.75 Å². The number of nitrogens with zero attached hydrogens (tertiary/aromatic N) is 1. The molecule has 0 spiro atoms. The van der Waals surface area contributed by atoms with Gasteiger partial charge in [-0.25, -0.2) is 0 Å². The number of aliphatic hydroxyl groups excluding tert-OH is 1. The van der Waals surface area contributed by atoms with Crippen LogP contribution in [0.2, 0.25) is 0 Å². The maximum atomic E-state index is 10.1. The highest BCUT2D eigenvalue weighted by atomic mass is 16.5. The summed E-state index contributed by atoms with van der Waals surface area (Å²) in [7, 11) is 0. The van der Waals surface area contributed by atoms with Crippen molar-refractivity contribution in [2.75, 3.05) is 18.0 Å². The Morgan fingerprint density at radius 3 is 2.19 bits per heavy atom. The largest absolute Gasteiger partial charge is 0.507 e. The Morgan fingerprint density at radius 1 is 1.10 bits per heavy atom. The van der Waals surface area contributed by atoms with E-state index < -0.39 is 6.29 Å². The second-order valence-corrected chi connectivity index (χ2v) is 5.21. The maximum Gasteiger partial charge on any atom is 0.171 e. The fourth-order valence-corrected chi connectivity index (χ4v) is 2.13. The molecule has 0 aromatic heterocycles. The molecule has 1 aromatic carbocycles. The number of benzene rings is 1. The van der Waals surface area contributed by atoms with Gasteiger partial charge >= 0.3 is 0 Å². The Labute approximate surface area is 127 Å². The molecule has 0 bridgehead atoms. The molecule has 0 amide bonds. The van der Waals surface area contributed by atoms with Gasteiger partial charge in [-0.2, -0.15) is 0 Å². The Hall–Kier alpha value is -1.52. The lowest BCUT2D eigenvalue weighted by Crippen LogP contribution is -2.25. The Kier molecular flexibility index (Phi) is 7.87. The molecule has 1 rings (SSSR count). The molecule has 3 N–H and O–H groups in total. The highest BCUT2D eigenvalue weighted by molar-refractivity contribution is 5.63. The fourth-order valence-electron chi connectivity index (χ4n) is 2.13. The van der Waals surface area contributed by atoms with Crippen LogP contribution in [0.15, 0.2) is 24.3 Å². The zero-order valence-electron chi connectivity index (χ0n) is 13.0. The Balaban J connectivity index is 2.86. The SMILES string of the molecule is CCCCN(CCCC)c1ccc(/C=C/C(O)O)c(O)c1. The summed E-state index contributed by atoms with van der Waals surface area (Å²) in [6, 6.07) is 5.51. The predicted octanol–water partition coefficient (Wildman–Crippen LogP) is 3.12. The van der Waals surface area contributed by atoms with Crippen molar-refractivity contribution >= 4 is 11.8 Å². The lowest BCUT2D eigenvalue weighted by Gasteiger charge is -2.25. The molecule has 4 nitrogen and oxygen atoms in total. The minimum Gasteiger partial charge on any atom is -0.507 e. The number of phenols is 1. The number of unbranched alkanes of at least 4 members (excludes halogenated alkanes) is 2. The van der Waals surface area contributed by atoms with E-state index in [9.17, 15) is 5.11 Å². The van der Waals surface area contributed by atoms with Gasteiger partial charge in [0, 0.05) is 30.4 Å². The average molecular weight is 293 g/mol. The molecule has 0 aliphatic heterocycles. The molecule has 1 aromatic rings. The van der Waals surface area contributed by atoms with Gasteiger partial charge in [0.15, 0.2) is 6.29 Å². The quantitative estimate of drug-likeness (QED) is 0.612. The number of aliphatic hydroxyl groups is 2. The lowest BCUT2D eigenvalue weighted by atomic mass is 10.1. The van der Waals surface area contributed by atoms with Crippen molar-refractivity contribution in [2.45, 2.75) is 45.8 Å². The molecule has 0 fully saturated rings. The van der Waals surface area contributed by atoms with Crippen molar-refractivity contribution in [3.05, 3.63) is 29.8 Å². The van der Waals surface area contributed by atoms with Crippen LogP contribution in [-0.2, 0) is 0 Å². The molecule has 0 saturated carbocycles. The third-order valence-electron chi connectivity index (χ3n) is 3.39. The number of rotatable bonds is 9. The van der Waals surface area contributed by atoms with Crippen LogP contribution in [-0.4, -0.2) is 34.7 Å². The summed E-state index contributed by atoms with van der Waals surface area (Å²) in [6.07, 6.45) is 5.77. The molecule has 0 heterocycles. The molecule has 0 atom stereocenters. The fraction of sp³-hybridized carbons (Fsp3) is 0.529. The van der Waals surface area contributed by atoms with Gasteiger partial charge in [-0.3, -0.25) is 0 Å². The second kappa shape index (κ2) is 9.42. The summed E-state index contributed by atoms with van der Waals surface area (Å²) in [4.78, 5) is 2.29. The van der Waals surface area contributed by atoms with E-state index >= 15 is 0 Å². The Bertz CT molecular complexity index is 436. The predicted molar refractivity (Wildman–Crippen MR) is 87.4 cm³/mol. The van der Waals surface area contributed by atoms with Crippen molar-refractivity contribution in [3.8, 4) is 5.75 Å². The number of phenolic OH excluding ortho intramolecular Hbond substituents is 1. The number of hydrogen-bond acceptors (Lipinski definition) is 4. The molecular weight excluding hydrogens is 266 g/mol. The van der Waals surface area contributed by atoms with Gasteiger partial charge < -0.3 is 20.2 Å². The first-order valence-corrected chi connectivity index (χ1v) is 7.70. The summed E-state index contributed by atoms with van der Waals surface area (Å²) < 4.78 is 0. The third-order valence-corrected chi connectivity index (χ3v) is 3.39. The highest BCUT2D eigenvalue weighted by Gasteiger charge is 2.08. The smallest absolute Gasteiger partial charge is 0.171 e. The van der Waals surface area contributed by atoms with E-state index in [0.717, 1.165) is 44.5 Å². The molecule has 0 saturated heterocycles. The van der Waals surface area contributed by atoms with Crippen LogP contribution in [0.1, 0.15) is 45.1 Å². The third kappa shape index (κ3) is 6.19. The van der Waals surface area contributed by atoms with Gasteiger partial charge in [0.25, 0.3) is 0 Å². The van der Waals surface area contributed by atoms with Crippen molar-refractivity contribution in [3.63, 3.8) is 0 Å². The van der Waals surface area contributed by atoms with Crippen LogP contribution in [0, 0.1) is 0 Å². The summed E-state index contributed by atoms with van der Waals surface area (Å²) in [5.74, 6) is 0.155. The van der Waals surface area contributed by atoms with Crippen LogP contribution in [0.5, 0.6) is 5.75 Å². The van der Waals surface area contributed by atoms with Crippen molar-refractivity contribution < 1.29 is 15.3 Å².